The fraction of sp³-hybridized carbons (Fsp3) is 0.378. The van der Waals surface area contributed by atoms with E-state index in [1.54, 1.807) is 36.4 Å². The third kappa shape index (κ3) is 10.9. The molecular formula is C37H44Cl4N4O4. The van der Waals surface area contributed by atoms with Gasteiger partial charge in [0.1, 0.15) is 18.2 Å². The molecule has 264 valence electrons. The molecule has 0 bridgehead atoms. The van der Waals surface area contributed by atoms with E-state index in [1.165, 1.54) is 0 Å². The Morgan fingerprint density at radius 2 is 1.67 bits per heavy atom. The number of aromatic carboxylic acids is 1. The predicted octanol–water partition coefficient (Wildman–Crippen LogP) is 8.94. The molecule has 5 rings (SSSR count). The predicted molar refractivity (Wildman–Crippen MR) is 200 cm³/mol. The van der Waals surface area contributed by atoms with Crippen molar-refractivity contribution in [2.24, 2.45) is 17.6 Å². The van der Waals surface area contributed by atoms with Gasteiger partial charge >= 0.3 is 5.97 Å². The van der Waals surface area contributed by atoms with Crippen molar-refractivity contribution in [3.8, 4) is 17.0 Å². The number of halogens is 4. The highest BCUT2D eigenvalue weighted by Gasteiger charge is 2.29. The van der Waals surface area contributed by atoms with E-state index in [-0.39, 0.29) is 48.2 Å². The highest BCUT2D eigenvalue weighted by Crippen LogP contribution is 2.33. The molecule has 1 fully saturated rings. The molecule has 49 heavy (non-hydrogen) atoms. The summed E-state index contributed by atoms with van der Waals surface area (Å²) in [5.41, 5.74) is 9.57. The van der Waals surface area contributed by atoms with E-state index in [9.17, 15) is 9.59 Å². The number of aryl methyl sites for hydroxylation is 1. The van der Waals surface area contributed by atoms with Crippen molar-refractivity contribution in [2.75, 3.05) is 6.54 Å². The molecule has 0 spiro atoms. The van der Waals surface area contributed by atoms with Gasteiger partial charge in [-0.1, -0.05) is 60.8 Å². The number of imidazole rings is 1. The fourth-order valence-corrected chi connectivity index (χ4v) is 6.57. The van der Waals surface area contributed by atoms with Crippen LogP contribution in [0.15, 0.2) is 72.9 Å². The van der Waals surface area contributed by atoms with Crippen LogP contribution in [0.2, 0.25) is 10.0 Å². The third-order valence-corrected chi connectivity index (χ3v) is 9.46. The first kappa shape index (κ1) is 40.2. The molecule has 1 amide bonds. The number of carboxylic acids is 1. The second-order valence-electron chi connectivity index (χ2n) is 12.3. The molecule has 1 aromatic heterocycles. The second kappa shape index (κ2) is 19.2. The maximum Gasteiger partial charge on any atom is 0.335 e. The molecule has 4 aromatic rings. The summed E-state index contributed by atoms with van der Waals surface area (Å²) < 4.78 is 8.12. The number of benzene rings is 3. The van der Waals surface area contributed by atoms with Crippen LogP contribution in [-0.4, -0.2) is 33.1 Å². The first-order chi connectivity index (χ1) is 22.7. The van der Waals surface area contributed by atoms with Gasteiger partial charge < -0.3 is 25.5 Å². The lowest BCUT2D eigenvalue weighted by Crippen LogP contribution is -2.38. The zero-order valence-electron chi connectivity index (χ0n) is 27.4. The molecule has 12 heteroatoms. The molecule has 8 nitrogen and oxygen atoms in total. The number of hydrogen-bond acceptors (Lipinski definition) is 5. The van der Waals surface area contributed by atoms with E-state index in [2.05, 4.69) is 16.8 Å². The quantitative estimate of drug-likeness (QED) is 0.118. The lowest BCUT2D eigenvalue weighted by Gasteiger charge is -2.29. The van der Waals surface area contributed by atoms with Crippen molar-refractivity contribution >= 4 is 59.9 Å². The number of nitrogens with one attached hydrogen (secondary N) is 1. The summed E-state index contributed by atoms with van der Waals surface area (Å²) in [5.74, 6) is 1.00. The largest absolute Gasteiger partial charge is 0.489 e. The first-order valence-electron chi connectivity index (χ1n) is 16.3. The Labute approximate surface area is 310 Å². The molecular weight excluding hydrogens is 706 g/mol. The fourth-order valence-electron chi connectivity index (χ4n) is 6.07. The van der Waals surface area contributed by atoms with Gasteiger partial charge in [-0.25, -0.2) is 9.78 Å². The Morgan fingerprint density at radius 1 is 1.00 bits per heavy atom. The van der Waals surface area contributed by atoms with Gasteiger partial charge in [-0.2, -0.15) is 0 Å². The molecule has 0 saturated heterocycles. The van der Waals surface area contributed by atoms with Gasteiger partial charge in [-0.3, -0.25) is 4.79 Å². The molecule has 1 aliphatic rings. The minimum Gasteiger partial charge on any atom is -0.489 e. The molecule has 0 radical (unpaired) electrons. The van der Waals surface area contributed by atoms with Crippen LogP contribution in [-0.2, 0) is 24.4 Å². The van der Waals surface area contributed by atoms with Crippen molar-refractivity contribution in [3.63, 3.8) is 0 Å². The molecule has 1 heterocycles. The Hall–Kier alpha value is -3.27. The number of carboxylic acid groups (broad SMARTS) is 1. The molecule has 0 aliphatic heterocycles. The van der Waals surface area contributed by atoms with E-state index < -0.39 is 5.97 Å². The minimum absolute atomic E-state index is 0. The first-order valence-corrected chi connectivity index (χ1v) is 17.1. The number of unbranched alkanes of at least 4 members (excludes halogenated alkanes) is 1. The summed E-state index contributed by atoms with van der Waals surface area (Å²) in [6.45, 7) is 3.89. The summed E-state index contributed by atoms with van der Waals surface area (Å²) in [5, 5.41) is 13.6. The lowest BCUT2D eigenvalue weighted by atomic mass is 9.81. The van der Waals surface area contributed by atoms with Gasteiger partial charge in [-0.05, 0) is 105 Å². The van der Waals surface area contributed by atoms with Crippen molar-refractivity contribution in [1.82, 2.24) is 14.9 Å². The highest BCUT2D eigenvalue weighted by molar-refractivity contribution is 6.36. The Balaban J connectivity index is 0.00000325. The van der Waals surface area contributed by atoms with E-state index >= 15 is 0 Å². The number of aromatic nitrogens is 2. The van der Waals surface area contributed by atoms with E-state index in [4.69, 9.17) is 43.8 Å². The summed E-state index contributed by atoms with van der Waals surface area (Å²) in [4.78, 5) is 29.9. The highest BCUT2D eigenvalue weighted by atomic mass is 35.5. The van der Waals surface area contributed by atoms with E-state index in [1.807, 2.05) is 36.5 Å². The molecule has 1 saturated carbocycles. The number of rotatable bonds is 14. The Bertz CT molecular complexity index is 1660. The Kier molecular flexibility index (Phi) is 15.7. The SMILES string of the molecule is CCCCn1cc(-c2ccc(Cl)cc2Cl)nc1[C@H](Cc1ccc(OCc2ccc(C(=O)O)cc2)cc1)NC(=O)C1CCC(CN)CC1.Cl.Cl. The number of hydrogen-bond donors (Lipinski definition) is 3. The van der Waals surface area contributed by atoms with Crippen molar-refractivity contribution < 1.29 is 19.4 Å². The number of nitrogens with zero attached hydrogens (tertiary/aromatic N) is 2. The van der Waals surface area contributed by atoms with Crippen LogP contribution >= 0.6 is 48.0 Å². The normalized spacial score (nSPS) is 16.2. The summed E-state index contributed by atoms with van der Waals surface area (Å²) >= 11 is 12.8. The van der Waals surface area contributed by atoms with Crippen LogP contribution in [0.5, 0.6) is 5.75 Å². The molecule has 1 atom stereocenters. The summed E-state index contributed by atoms with van der Waals surface area (Å²) in [7, 11) is 0. The zero-order valence-corrected chi connectivity index (χ0v) is 30.6. The number of amides is 1. The monoisotopic (exact) mass is 748 g/mol. The van der Waals surface area contributed by atoms with Gasteiger partial charge in [0.2, 0.25) is 5.91 Å². The molecule has 3 aromatic carbocycles. The number of carbonyl (C=O) groups excluding carboxylic acids is 1. The topological polar surface area (TPSA) is 119 Å². The standard InChI is InChI=1S/C37H42Cl2N4O4.2ClH/c1-2-3-18-43-22-34(31-17-14-29(38)20-32(31)39)41-35(43)33(42-36(44)27-10-4-25(21-40)5-11-27)19-24-8-15-30(16-9-24)47-23-26-6-12-28(13-7-26)37(45)46;;/h6-9,12-17,20,22,25,27,33H,2-5,10-11,18-19,21,23,40H2,1H3,(H,42,44)(H,45,46);2*1H/t25?,27?,33-;;/m0../s1. The van der Waals surface area contributed by atoms with E-state index in [0.29, 0.717) is 41.3 Å². The Morgan fingerprint density at radius 3 is 2.29 bits per heavy atom. The maximum absolute atomic E-state index is 13.7. The molecule has 0 unspecified atom stereocenters. The second-order valence-corrected chi connectivity index (χ2v) is 13.2. The number of ether oxygens (including phenoxy) is 1. The van der Waals surface area contributed by atoms with Crippen LogP contribution in [0.25, 0.3) is 11.3 Å². The number of nitrogens with two attached hydrogens (primary N) is 1. The van der Waals surface area contributed by atoms with Gasteiger partial charge in [0.15, 0.2) is 0 Å². The zero-order chi connectivity index (χ0) is 33.3. The van der Waals surface area contributed by atoms with Gasteiger partial charge in [-0.15, -0.1) is 24.8 Å². The van der Waals surface area contributed by atoms with Gasteiger partial charge in [0.05, 0.1) is 22.3 Å². The minimum atomic E-state index is -0.959. The number of carbonyl (C=O) groups is 2. The van der Waals surface area contributed by atoms with Crippen LogP contribution in [0, 0.1) is 11.8 Å². The average Bonchev–Trinajstić information content (AvgIpc) is 3.50. The van der Waals surface area contributed by atoms with Gasteiger partial charge in [0.25, 0.3) is 0 Å². The van der Waals surface area contributed by atoms with Crippen LogP contribution < -0.4 is 15.8 Å². The van der Waals surface area contributed by atoms with Crippen molar-refractivity contribution in [3.05, 3.63) is 105 Å². The van der Waals surface area contributed by atoms with Crippen LogP contribution in [0.4, 0.5) is 0 Å². The molecule has 4 N–H and O–H groups in total. The third-order valence-electron chi connectivity index (χ3n) is 8.92. The summed E-state index contributed by atoms with van der Waals surface area (Å²) in [6, 6.07) is 19.5. The maximum atomic E-state index is 13.7. The van der Waals surface area contributed by atoms with E-state index in [0.717, 1.165) is 73.3 Å². The van der Waals surface area contributed by atoms with Gasteiger partial charge in [0, 0.05) is 29.2 Å². The molecule has 1 aliphatic carbocycles. The van der Waals surface area contributed by atoms with Crippen LogP contribution in [0.1, 0.15) is 78.8 Å². The lowest BCUT2D eigenvalue weighted by molar-refractivity contribution is -0.127. The van der Waals surface area contributed by atoms with Crippen molar-refractivity contribution in [2.45, 2.75) is 71.1 Å². The van der Waals surface area contributed by atoms with Crippen molar-refractivity contribution in [1.29, 1.82) is 0 Å². The smallest absolute Gasteiger partial charge is 0.335 e. The summed E-state index contributed by atoms with van der Waals surface area (Å²) in [6.07, 6.45) is 8.14. The average molecular weight is 751 g/mol. The van der Waals surface area contributed by atoms with Crippen LogP contribution in [0.3, 0.4) is 0 Å².